The fraction of sp³-hybridized carbons (Fsp3) is 0. The number of carboxylic acids is 1. The largest absolute Gasteiger partial charge is 0.478 e. The molecule has 0 bridgehead atoms. The lowest BCUT2D eigenvalue weighted by Gasteiger charge is -2.10. The van der Waals surface area contributed by atoms with E-state index in [9.17, 15) is 14.9 Å². The van der Waals surface area contributed by atoms with Gasteiger partial charge in [-0.15, -0.1) is 0 Å². The van der Waals surface area contributed by atoms with Crippen LogP contribution in [-0.4, -0.2) is 16.0 Å². The first-order chi connectivity index (χ1) is 9.88. The van der Waals surface area contributed by atoms with Gasteiger partial charge in [-0.3, -0.25) is 10.1 Å². The van der Waals surface area contributed by atoms with Crippen LogP contribution in [0.5, 0.6) is 11.5 Å². The summed E-state index contributed by atoms with van der Waals surface area (Å²) in [5.41, 5.74) is -0.204. The van der Waals surface area contributed by atoms with Gasteiger partial charge in [-0.25, -0.2) is 4.79 Å². The first-order valence-corrected chi connectivity index (χ1v) is 7.11. The lowest BCUT2D eigenvalue weighted by molar-refractivity contribution is -0.384. The molecule has 2 rings (SSSR count). The number of hydrogen-bond donors (Lipinski definition) is 1. The third-order valence-electron chi connectivity index (χ3n) is 2.52. The fourth-order valence-electron chi connectivity index (χ4n) is 1.56. The SMILES string of the molecule is O=C(O)c1cc(Br)ccc1Oc1cc([N+](=O)[O-])ccc1Br. The number of nitro groups is 1. The normalized spacial score (nSPS) is 10.2. The van der Waals surface area contributed by atoms with Crippen molar-refractivity contribution in [2.24, 2.45) is 0 Å². The molecule has 0 saturated carbocycles. The molecule has 0 unspecified atom stereocenters. The second-order valence-electron chi connectivity index (χ2n) is 3.92. The van der Waals surface area contributed by atoms with Crippen LogP contribution in [0.2, 0.25) is 0 Å². The summed E-state index contributed by atoms with van der Waals surface area (Å²) < 4.78 is 6.56. The number of hydrogen-bond acceptors (Lipinski definition) is 4. The van der Waals surface area contributed by atoms with Crippen LogP contribution in [0.25, 0.3) is 0 Å². The van der Waals surface area contributed by atoms with E-state index in [1.165, 1.54) is 30.3 Å². The van der Waals surface area contributed by atoms with Gasteiger partial charge in [0.05, 0.1) is 15.5 Å². The minimum Gasteiger partial charge on any atom is -0.478 e. The zero-order valence-electron chi connectivity index (χ0n) is 10.2. The monoisotopic (exact) mass is 415 g/mol. The minimum absolute atomic E-state index is 0.0530. The predicted octanol–water partition coefficient (Wildman–Crippen LogP) is 4.61. The summed E-state index contributed by atoms with van der Waals surface area (Å²) in [7, 11) is 0. The average Bonchev–Trinajstić information content (AvgIpc) is 2.42. The molecular formula is C13H7Br2NO5. The molecule has 21 heavy (non-hydrogen) atoms. The molecule has 2 aromatic carbocycles. The highest BCUT2D eigenvalue weighted by molar-refractivity contribution is 9.10. The number of nitro benzene ring substituents is 1. The molecule has 8 heteroatoms. The van der Waals surface area contributed by atoms with E-state index in [2.05, 4.69) is 31.9 Å². The smallest absolute Gasteiger partial charge is 0.339 e. The second kappa shape index (κ2) is 6.23. The first kappa shape index (κ1) is 15.5. The van der Waals surface area contributed by atoms with Gasteiger partial charge in [0.2, 0.25) is 0 Å². The van der Waals surface area contributed by atoms with Crippen LogP contribution in [0.4, 0.5) is 5.69 Å². The van der Waals surface area contributed by atoms with Crippen LogP contribution in [-0.2, 0) is 0 Å². The van der Waals surface area contributed by atoms with E-state index in [0.29, 0.717) is 8.95 Å². The molecule has 0 fully saturated rings. The molecule has 1 N–H and O–H groups in total. The molecule has 0 atom stereocenters. The van der Waals surface area contributed by atoms with Crippen LogP contribution in [0.1, 0.15) is 10.4 Å². The highest BCUT2D eigenvalue weighted by atomic mass is 79.9. The van der Waals surface area contributed by atoms with Gasteiger partial charge in [0.1, 0.15) is 17.1 Å². The number of benzene rings is 2. The third kappa shape index (κ3) is 3.59. The van der Waals surface area contributed by atoms with Crippen LogP contribution < -0.4 is 4.74 Å². The van der Waals surface area contributed by atoms with E-state index in [1.807, 2.05) is 0 Å². The average molecular weight is 417 g/mol. The highest BCUT2D eigenvalue weighted by Gasteiger charge is 2.16. The molecule has 0 saturated heterocycles. The second-order valence-corrected chi connectivity index (χ2v) is 5.69. The van der Waals surface area contributed by atoms with Gasteiger partial charge in [-0.1, -0.05) is 15.9 Å². The molecule has 0 aliphatic carbocycles. The summed E-state index contributed by atoms with van der Waals surface area (Å²) in [5, 5.41) is 19.9. The number of ether oxygens (including phenoxy) is 1. The van der Waals surface area contributed by atoms with Gasteiger partial charge in [0.15, 0.2) is 0 Å². The molecule has 0 amide bonds. The quantitative estimate of drug-likeness (QED) is 0.580. The van der Waals surface area contributed by atoms with Crippen molar-refractivity contribution in [1.82, 2.24) is 0 Å². The highest BCUT2D eigenvalue weighted by Crippen LogP contribution is 2.35. The maximum absolute atomic E-state index is 11.2. The number of carboxylic acid groups (broad SMARTS) is 1. The van der Waals surface area contributed by atoms with Crippen molar-refractivity contribution < 1.29 is 19.6 Å². The fourth-order valence-corrected chi connectivity index (χ4v) is 2.25. The van der Waals surface area contributed by atoms with Gasteiger partial charge in [-0.2, -0.15) is 0 Å². The number of nitrogens with zero attached hydrogens (tertiary/aromatic N) is 1. The summed E-state index contributed by atoms with van der Waals surface area (Å²) >= 11 is 6.39. The first-order valence-electron chi connectivity index (χ1n) is 5.53. The van der Waals surface area contributed by atoms with E-state index < -0.39 is 10.9 Å². The Morgan fingerprint density at radius 3 is 2.48 bits per heavy atom. The summed E-state index contributed by atoms with van der Waals surface area (Å²) in [5.74, 6) is -0.909. The molecule has 0 aliphatic rings. The number of aromatic carboxylic acids is 1. The van der Waals surface area contributed by atoms with E-state index in [1.54, 1.807) is 6.07 Å². The Bertz CT molecular complexity index is 732. The minimum atomic E-state index is -1.16. The Morgan fingerprint density at radius 1 is 1.14 bits per heavy atom. The predicted molar refractivity (Wildman–Crippen MR) is 82.0 cm³/mol. The zero-order chi connectivity index (χ0) is 15.6. The molecule has 0 aliphatic heterocycles. The lowest BCUT2D eigenvalue weighted by atomic mass is 10.2. The summed E-state index contributed by atoms with van der Waals surface area (Å²) in [6.45, 7) is 0. The van der Waals surface area contributed by atoms with Gasteiger partial charge in [0, 0.05) is 10.5 Å². The Morgan fingerprint density at radius 2 is 1.86 bits per heavy atom. The number of rotatable bonds is 4. The van der Waals surface area contributed by atoms with Crippen LogP contribution >= 0.6 is 31.9 Å². The third-order valence-corrected chi connectivity index (χ3v) is 3.67. The van der Waals surface area contributed by atoms with Gasteiger partial charge in [0.25, 0.3) is 5.69 Å². The summed E-state index contributed by atoms with van der Waals surface area (Å²) in [6, 6.07) is 8.48. The van der Waals surface area contributed by atoms with Crippen molar-refractivity contribution >= 4 is 43.5 Å². The molecule has 2 aromatic rings. The molecule has 0 aromatic heterocycles. The molecule has 0 heterocycles. The molecule has 6 nitrogen and oxygen atoms in total. The maximum atomic E-state index is 11.2. The van der Waals surface area contributed by atoms with Gasteiger partial charge >= 0.3 is 5.97 Å². The van der Waals surface area contributed by atoms with Gasteiger partial charge in [-0.05, 0) is 40.2 Å². The number of halogens is 2. The van der Waals surface area contributed by atoms with Crippen LogP contribution in [0.3, 0.4) is 0 Å². The Kier molecular flexibility index (Phi) is 4.59. The van der Waals surface area contributed by atoms with Crippen molar-refractivity contribution in [2.45, 2.75) is 0 Å². The van der Waals surface area contributed by atoms with E-state index in [-0.39, 0.29) is 22.7 Å². The number of carbonyl (C=O) groups is 1. The molecule has 0 radical (unpaired) electrons. The molecule has 0 spiro atoms. The van der Waals surface area contributed by atoms with Crippen molar-refractivity contribution in [3.05, 3.63) is 61.0 Å². The zero-order valence-corrected chi connectivity index (χ0v) is 13.4. The van der Waals surface area contributed by atoms with E-state index >= 15 is 0 Å². The van der Waals surface area contributed by atoms with E-state index in [4.69, 9.17) is 9.84 Å². The van der Waals surface area contributed by atoms with Crippen molar-refractivity contribution in [2.75, 3.05) is 0 Å². The van der Waals surface area contributed by atoms with Crippen LogP contribution in [0, 0.1) is 10.1 Å². The Labute approximate surface area is 135 Å². The summed E-state index contributed by atoms with van der Waals surface area (Å²) in [6.07, 6.45) is 0. The standard InChI is InChI=1S/C13H7Br2NO5/c14-7-1-4-11(9(5-7)13(17)18)21-12-6-8(16(19)20)2-3-10(12)15/h1-6H,(H,17,18). The Hall–Kier alpha value is -1.93. The molecule has 108 valence electrons. The summed E-state index contributed by atoms with van der Waals surface area (Å²) in [4.78, 5) is 21.4. The van der Waals surface area contributed by atoms with Crippen LogP contribution in [0.15, 0.2) is 45.3 Å². The van der Waals surface area contributed by atoms with E-state index in [0.717, 1.165) is 0 Å². The molecular weight excluding hydrogens is 410 g/mol. The van der Waals surface area contributed by atoms with Crippen molar-refractivity contribution in [3.63, 3.8) is 0 Å². The van der Waals surface area contributed by atoms with Crippen molar-refractivity contribution in [3.8, 4) is 11.5 Å². The maximum Gasteiger partial charge on any atom is 0.339 e. The van der Waals surface area contributed by atoms with Crippen molar-refractivity contribution in [1.29, 1.82) is 0 Å². The topological polar surface area (TPSA) is 89.7 Å². The van der Waals surface area contributed by atoms with Gasteiger partial charge < -0.3 is 9.84 Å². The lowest BCUT2D eigenvalue weighted by Crippen LogP contribution is -2.00. The Balaban J connectivity index is 2.45. The number of non-ortho nitro benzene ring substituents is 1.